The third-order valence-electron chi connectivity index (χ3n) is 8.13. The molecule has 0 aliphatic heterocycles. The Morgan fingerprint density at radius 3 is 2.19 bits per heavy atom. The maximum Gasteiger partial charge on any atom is 0.412 e. The second-order valence-electron chi connectivity index (χ2n) is 12.9. The Bertz CT molecular complexity index is 1700. The third-order valence-corrected chi connectivity index (χ3v) is 8.13. The average Bonchev–Trinajstić information content (AvgIpc) is 3.39. The van der Waals surface area contributed by atoms with Gasteiger partial charge in [0.25, 0.3) is 0 Å². The molecule has 1 amide bonds. The molecule has 1 unspecified atom stereocenters. The van der Waals surface area contributed by atoms with Gasteiger partial charge in [0.15, 0.2) is 5.78 Å². The van der Waals surface area contributed by atoms with Crippen LogP contribution in [0.4, 0.5) is 10.5 Å². The van der Waals surface area contributed by atoms with Gasteiger partial charge in [0, 0.05) is 24.5 Å². The first-order chi connectivity index (χ1) is 23.1. The van der Waals surface area contributed by atoms with E-state index in [1.54, 1.807) is 39.0 Å². The van der Waals surface area contributed by atoms with E-state index in [1.165, 1.54) is 0 Å². The van der Waals surface area contributed by atoms with Crippen LogP contribution in [0.25, 0.3) is 11.1 Å². The highest BCUT2D eigenvalue weighted by Crippen LogP contribution is 2.44. The van der Waals surface area contributed by atoms with Crippen LogP contribution >= 0.6 is 0 Å². The molecule has 8 heteroatoms. The monoisotopic (exact) mass is 647 g/mol. The SMILES string of the molecule is CCCCC(N=C([O-])OCC1c2ccccc2-c2ccccc21)C(=O)c1cc(OCCc2ccccc2)ccc1NC(=O)OC(C)(C)C. The highest BCUT2D eigenvalue weighted by molar-refractivity contribution is 6.07. The molecule has 0 heterocycles. The Kier molecular flexibility index (Phi) is 11.2. The zero-order valence-electron chi connectivity index (χ0n) is 28.0. The van der Waals surface area contributed by atoms with E-state index >= 15 is 0 Å². The largest absolute Gasteiger partial charge is 0.599 e. The Hall–Kier alpha value is -5.11. The summed E-state index contributed by atoms with van der Waals surface area (Å²) in [4.78, 5) is 31.2. The van der Waals surface area contributed by atoms with E-state index in [2.05, 4.69) is 22.4 Å². The first kappa shape index (κ1) is 34.2. The number of anilines is 1. The van der Waals surface area contributed by atoms with E-state index < -0.39 is 29.6 Å². The van der Waals surface area contributed by atoms with Gasteiger partial charge < -0.3 is 19.3 Å². The fourth-order valence-electron chi connectivity index (χ4n) is 5.86. The summed E-state index contributed by atoms with van der Waals surface area (Å²) in [5.41, 5.74) is 5.23. The minimum absolute atomic E-state index is 0.0984. The predicted octanol–water partition coefficient (Wildman–Crippen LogP) is 7.94. The molecule has 1 aliphatic rings. The number of rotatable bonds is 13. The predicted molar refractivity (Wildman–Crippen MR) is 187 cm³/mol. The lowest BCUT2D eigenvalue weighted by atomic mass is 9.98. The van der Waals surface area contributed by atoms with Gasteiger partial charge in [0.2, 0.25) is 0 Å². The number of nitrogens with one attached hydrogen (secondary N) is 1. The molecular weight excluding hydrogens is 604 g/mol. The number of hydrogen-bond acceptors (Lipinski definition) is 7. The summed E-state index contributed by atoms with van der Waals surface area (Å²) >= 11 is 0. The summed E-state index contributed by atoms with van der Waals surface area (Å²) in [6, 6.07) is 30.0. The van der Waals surface area contributed by atoms with Crippen molar-refractivity contribution in [3.63, 3.8) is 0 Å². The number of carbonyl (C=O) groups is 2. The molecule has 1 N–H and O–H groups in total. The van der Waals surface area contributed by atoms with E-state index in [-0.39, 0.29) is 23.8 Å². The van der Waals surface area contributed by atoms with Gasteiger partial charge >= 0.3 is 6.09 Å². The number of fused-ring (bicyclic) bond motifs is 3. The Labute approximate surface area is 282 Å². The molecule has 1 atom stereocenters. The molecule has 5 rings (SSSR count). The minimum Gasteiger partial charge on any atom is -0.599 e. The molecule has 0 aromatic heterocycles. The fourth-order valence-corrected chi connectivity index (χ4v) is 5.86. The molecule has 8 nitrogen and oxygen atoms in total. The van der Waals surface area contributed by atoms with E-state index in [4.69, 9.17) is 14.2 Å². The van der Waals surface area contributed by atoms with Crippen LogP contribution < -0.4 is 15.2 Å². The Morgan fingerprint density at radius 1 is 0.896 bits per heavy atom. The highest BCUT2D eigenvalue weighted by Gasteiger charge is 2.28. The lowest BCUT2D eigenvalue weighted by Crippen LogP contribution is -2.30. The van der Waals surface area contributed by atoms with Gasteiger partial charge in [-0.25, -0.2) is 4.79 Å². The molecule has 0 saturated heterocycles. The van der Waals surface area contributed by atoms with Gasteiger partial charge in [-0.2, -0.15) is 0 Å². The summed E-state index contributed by atoms with van der Waals surface area (Å²) < 4.78 is 17.2. The summed E-state index contributed by atoms with van der Waals surface area (Å²) in [7, 11) is 0. The number of aliphatic imine (C=N–C) groups is 1. The molecule has 0 fully saturated rings. The number of unbranched alkanes of at least 4 members (excludes halogenated alkanes) is 1. The number of ketones is 1. The van der Waals surface area contributed by atoms with Crippen LogP contribution in [0.2, 0.25) is 0 Å². The number of benzene rings is 4. The van der Waals surface area contributed by atoms with Crippen molar-refractivity contribution in [3.8, 4) is 16.9 Å². The lowest BCUT2D eigenvalue weighted by molar-refractivity contribution is -0.251. The summed E-state index contributed by atoms with van der Waals surface area (Å²) in [6.45, 7) is 7.77. The van der Waals surface area contributed by atoms with Crippen LogP contribution in [-0.2, 0) is 15.9 Å². The molecule has 0 saturated carbocycles. The van der Waals surface area contributed by atoms with Gasteiger partial charge in [-0.15, -0.1) is 0 Å². The number of carbonyl (C=O) groups excluding carboxylic acids is 2. The van der Waals surface area contributed by atoms with Gasteiger partial charge in [-0.05, 0) is 73.2 Å². The summed E-state index contributed by atoms with van der Waals surface area (Å²) in [5.74, 6) is -0.0911. The van der Waals surface area contributed by atoms with Gasteiger partial charge in [0.1, 0.15) is 23.5 Å². The number of ether oxygens (including phenoxy) is 3. The zero-order chi connectivity index (χ0) is 34.1. The number of amides is 1. The first-order valence-electron chi connectivity index (χ1n) is 16.5. The van der Waals surface area contributed by atoms with Crippen molar-refractivity contribution in [3.05, 3.63) is 119 Å². The van der Waals surface area contributed by atoms with Crippen molar-refractivity contribution >= 4 is 23.6 Å². The van der Waals surface area contributed by atoms with Crippen LogP contribution in [0.15, 0.2) is 102 Å². The average molecular weight is 648 g/mol. The molecule has 0 bridgehead atoms. The van der Waals surface area contributed by atoms with Gasteiger partial charge in [-0.3, -0.25) is 15.1 Å². The van der Waals surface area contributed by atoms with Gasteiger partial charge in [0.05, 0.1) is 12.3 Å². The number of hydrogen-bond donors (Lipinski definition) is 1. The van der Waals surface area contributed by atoms with Crippen molar-refractivity contribution in [2.45, 2.75) is 70.9 Å². The van der Waals surface area contributed by atoms with Crippen molar-refractivity contribution in [1.82, 2.24) is 0 Å². The van der Waals surface area contributed by atoms with E-state index in [9.17, 15) is 14.7 Å². The lowest BCUT2D eigenvalue weighted by Gasteiger charge is -2.23. The zero-order valence-corrected chi connectivity index (χ0v) is 28.0. The number of nitrogens with zero attached hydrogens (tertiary/aromatic N) is 1. The quantitative estimate of drug-likeness (QED) is 0.0897. The maximum atomic E-state index is 14.2. The van der Waals surface area contributed by atoms with E-state index in [1.807, 2.05) is 73.7 Å². The third kappa shape index (κ3) is 8.82. The molecule has 1 aliphatic carbocycles. The van der Waals surface area contributed by atoms with Crippen LogP contribution in [0, 0.1) is 0 Å². The second kappa shape index (κ2) is 15.7. The van der Waals surface area contributed by atoms with Crippen LogP contribution in [0.5, 0.6) is 5.75 Å². The van der Waals surface area contributed by atoms with Crippen LogP contribution in [0.3, 0.4) is 0 Å². The molecule has 4 aromatic rings. The molecule has 0 spiro atoms. The second-order valence-corrected chi connectivity index (χ2v) is 12.9. The number of Topliss-reactive ketones (excluding diaryl/α,β-unsaturated/α-hetero) is 1. The fraction of sp³-hybridized carbons (Fsp3) is 0.325. The van der Waals surface area contributed by atoms with E-state index in [0.717, 1.165) is 34.2 Å². The van der Waals surface area contributed by atoms with Crippen LogP contribution in [-0.4, -0.2) is 42.8 Å². The van der Waals surface area contributed by atoms with E-state index in [0.29, 0.717) is 31.6 Å². The van der Waals surface area contributed by atoms with Crippen molar-refractivity contribution in [2.24, 2.45) is 4.99 Å². The smallest absolute Gasteiger partial charge is 0.412 e. The summed E-state index contributed by atoms with van der Waals surface area (Å²) in [5, 5.41) is 15.9. The molecule has 0 radical (unpaired) electrons. The molecule has 250 valence electrons. The molecular formula is C40H43N2O6-. The molecule has 48 heavy (non-hydrogen) atoms. The minimum atomic E-state index is -1.01. The normalized spacial score (nSPS) is 13.3. The van der Waals surface area contributed by atoms with Crippen molar-refractivity contribution in [1.29, 1.82) is 0 Å². The Morgan fingerprint density at radius 2 is 1.54 bits per heavy atom. The maximum absolute atomic E-state index is 14.2. The summed E-state index contributed by atoms with van der Waals surface area (Å²) in [6.07, 6.45) is 0.980. The standard InChI is InChI=1S/C40H44N2O6/c1-5-6-20-36(42-38(44)47-26-34-31-18-12-10-16-29(31)30-17-11-13-19-32(30)34)37(43)33-25-28(46-24-23-27-14-8-7-9-15-27)21-22-35(33)41-39(45)48-40(2,3)4/h7-19,21-22,25,34,36H,5-6,20,23-24,26H2,1-4H3,(H,41,45)(H,42,44)/p-1. The molecule has 4 aromatic carbocycles. The van der Waals surface area contributed by atoms with Crippen LogP contribution in [0.1, 0.15) is 79.9 Å². The van der Waals surface area contributed by atoms with Crippen molar-refractivity contribution < 1.29 is 28.9 Å². The first-order valence-corrected chi connectivity index (χ1v) is 16.5. The van der Waals surface area contributed by atoms with Gasteiger partial charge in [-0.1, -0.05) is 98.6 Å². The van der Waals surface area contributed by atoms with Crippen molar-refractivity contribution in [2.75, 3.05) is 18.5 Å². The Balaban J connectivity index is 1.37. The topological polar surface area (TPSA) is 109 Å². The highest BCUT2D eigenvalue weighted by atomic mass is 16.6.